The summed E-state index contributed by atoms with van der Waals surface area (Å²) in [7, 11) is 0. The number of aliphatic hydroxyl groups excluding tert-OH is 1. The van der Waals surface area contributed by atoms with Gasteiger partial charge in [-0.05, 0) is 40.2 Å². The van der Waals surface area contributed by atoms with Crippen molar-refractivity contribution in [2.45, 2.75) is 52.2 Å². The predicted molar refractivity (Wildman–Crippen MR) is 64.3 cm³/mol. The Labute approximate surface area is 98.6 Å². The van der Waals surface area contributed by atoms with Gasteiger partial charge in [0.1, 0.15) is 5.60 Å². The van der Waals surface area contributed by atoms with Crippen molar-refractivity contribution in [1.29, 1.82) is 0 Å². The lowest BCUT2D eigenvalue weighted by atomic mass is 10.1. The lowest BCUT2D eigenvalue weighted by molar-refractivity contribution is -0.138. The highest BCUT2D eigenvalue weighted by molar-refractivity contribution is 5.37. The first-order valence-corrected chi connectivity index (χ1v) is 5.91. The molecule has 0 spiro atoms. The van der Waals surface area contributed by atoms with Crippen molar-refractivity contribution in [2.24, 2.45) is 0 Å². The molecule has 0 unspecified atom stereocenters. The molecule has 1 aliphatic rings. The van der Waals surface area contributed by atoms with Crippen LogP contribution in [0.4, 0.5) is 0 Å². The Hall–Kier alpha value is -0.610. The first-order valence-electron chi connectivity index (χ1n) is 5.91. The Morgan fingerprint density at radius 2 is 1.88 bits per heavy atom. The molecule has 1 rings (SSSR count). The van der Waals surface area contributed by atoms with Crippen LogP contribution in [0, 0.1) is 0 Å². The maximum atomic E-state index is 9.60. The number of hydrogen-bond acceptors (Lipinski definition) is 4. The SMILES string of the molecule is CC(C)(C)OC=O.CCN1CCC(O)CC1. The van der Waals surface area contributed by atoms with Crippen LogP contribution in [0.15, 0.2) is 0 Å². The molecule has 0 radical (unpaired) electrons. The van der Waals surface area contributed by atoms with Crippen molar-refractivity contribution < 1.29 is 14.6 Å². The monoisotopic (exact) mass is 231 g/mol. The molecule has 1 fully saturated rings. The van der Waals surface area contributed by atoms with E-state index in [2.05, 4.69) is 16.6 Å². The van der Waals surface area contributed by atoms with Gasteiger partial charge in [-0.2, -0.15) is 0 Å². The van der Waals surface area contributed by atoms with Crippen molar-refractivity contribution in [2.75, 3.05) is 19.6 Å². The zero-order valence-corrected chi connectivity index (χ0v) is 10.9. The van der Waals surface area contributed by atoms with Crippen molar-refractivity contribution in [3.63, 3.8) is 0 Å². The quantitative estimate of drug-likeness (QED) is 0.730. The van der Waals surface area contributed by atoms with E-state index >= 15 is 0 Å². The molecule has 1 saturated heterocycles. The fraction of sp³-hybridized carbons (Fsp3) is 0.917. The normalized spacial score (nSPS) is 18.6. The van der Waals surface area contributed by atoms with Gasteiger partial charge in [-0.1, -0.05) is 6.92 Å². The molecular weight excluding hydrogens is 206 g/mol. The zero-order valence-electron chi connectivity index (χ0n) is 10.9. The fourth-order valence-electron chi connectivity index (χ4n) is 1.38. The van der Waals surface area contributed by atoms with Gasteiger partial charge in [0.25, 0.3) is 6.47 Å². The van der Waals surface area contributed by atoms with Crippen LogP contribution in [-0.4, -0.2) is 47.8 Å². The Bertz CT molecular complexity index is 181. The summed E-state index contributed by atoms with van der Waals surface area (Å²) in [6.45, 7) is 11.4. The molecule has 0 bridgehead atoms. The van der Waals surface area contributed by atoms with E-state index in [1.807, 2.05) is 20.8 Å². The van der Waals surface area contributed by atoms with Crippen LogP contribution in [0.3, 0.4) is 0 Å². The van der Waals surface area contributed by atoms with Gasteiger partial charge in [-0.3, -0.25) is 4.79 Å². The van der Waals surface area contributed by atoms with E-state index in [-0.39, 0.29) is 11.7 Å². The second kappa shape index (κ2) is 7.63. The third-order valence-corrected chi connectivity index (χ3v) is 2.41. The van der Waals surface area contributed by atoms with E-state index in [1.54, 1.807) is 0 Å². The predicted octanol–water partition coefficient (Wildman–Crippen LogP) is 1.42. The zero-order chi connectivity index (χ0) is 12.6. The summed E-state index contributed by atoms with van der Waals surface area (Å²) in [6, 6.07) is 0. The highest BCUT2D eigenvalue weighted by Crippen LogP contribution is 2.08. The molecule has 16 heavy (non-hydrogen) atoms. The number of carbonyl (C=O) groups excluding carboxylic acids is 1. The first-order chi connectivity index (χ1) is 7.39. The molecule has 4 heteroatoms. The Kier molecular flexibility index (Phi) is 7.34. The van der Waals surface area contributed by atoms with E-state index < -0.39 is 0 Å². The maximum absolute atomic E-state index is 9.60. The molecule has 1 N–H and O–H groups in total. The van der Waals surface area contributed by atoms with Crippen LogP contribution in [0.2, 0.25) is 0 Å². The Morgan fingerprint density at radius 1 is 1.38 bits per heavy atom. The average molecular weight is 231 g/mol. The molecule has 0 atom stereocenters. The van der Waals surface area contributed by atoms with Gasteiger partial charge in [-0.25, -0.2) is 0 Å². The Balaban J connectivity index is 0.000000293. The van der Waals surface area contributed by atoms with Crippen LogP contribution >= 0.6 is 0 Å². The highest BCUT2D eigenvalue weighted by Gasteiger charge is 2.14. The molecule has 0 saturated carbocycles. The highest BCUT2D eigenvalue weighted by atomic mass is 16.5. The summed E-state index contributed by atoms with van der Waals surface area (Å²) < 4.78 is 4.55. The van der Waals surface area contributed by atoms with Crippen LogP contribution in [0.5, 0.6) is 0 Å². The molecule has 0 aromatic heterocycles. The molecule has 0 aromatic rings. The van der Waals surface area contributed by atoms with Gasteiger partial charge in [0.2, 0.25) is 0 Å². The van der Waals surface area contributed by atoms with E-state index in [1.165, 1.54) is 0 Å². The third kappa shape index (κ3) is 8.68. The fourth-order valence-corrected chi connectivity index (χ4v) is 1.38. The number of carbonyl (C=O) groups is 1. The molecular formula is C12H25NO3. The van der Waals surface area contributed by atoms with E-state index in [0.29, 0.717) is 6.47 Å². The molecule has 4 nitrogen and oxygen atoms in total. The largest absolute Gasteiger partial charge is 0.462 e. The number of nitrogens with zero attached hydrogens (tertiary/aromatic N) is 1. The summed E-state index contributed by atoms with van der Waals surface area (Å²) in [5.74, 6) is 0. The number of hydrogen-bond donors (Lipinski definition) is 1. The molecule has 1 aliphatic heterocycles. The Morgan fingerprint density at radius 3 is 2.12 bits per heavy atom. The summed E-state index contributed by atoms with van der Waals surface area (Å²) in [6.07, 6.45) is 1.91. The topological polar surface area (TPSA) is 49.8 Å². The maximum Gasteiger partial charge on any atom is 0.293 e. The van der Waals surface area contributed by atoms with Crippen molar-refractivity contribution in [1.82, 2.24) is 4.90 Å². The molecule has 0 aromatic carbocycles. The summed E-state index contributed by atoms with van der Waals surface area (Å²) in [5, 5.41) is 9.10. The molecule has 0 amide bonds. The van der Waals surface area contributed by atoms with Crippen molar-refractivity contribution in [3.8, 4) is 0 Å². The van der Waals surface area contributed by atoms with Crippen molar-refractivity contribution >= 4 is 6.47 Å². The minimum atomic E-state index is -0.318. The van der Waals surface area contributed by atoms with Gasteiger partial charge in [0.15, 0.2) is 0 Å². The van der Waals surface area contributed by atoms with E-state index in [9.17, 15) is 4.79 Å². The van der Waals surface area contributed by atoms with E-state index in [0.717, 1.165) is 32.5 Å². The number of likely N-dealkylation sites (tertiary alicyclic amines) is 1. The number of piperidine rings is 1. The second-order valence-corrected chi connectivity index (χ2v) is 4.99. The van der Waals surface area contributed by atoms with Crippen LogP contribution in [-0.2, 0) is 9.53 Å². The van der Waals surface area contributed by atoms with Crippen LogP contribution in [0.1, 0.15) is 40.5 Å². The van der Waals surface area contributed by atoms with Crippen LogP contribution in [0.25, 0.3) is 0 Å². The smallest absolute Gasteiger partial charge is 0.293 e. The molecule has 0 aliphatic carbocycles. The summed E-state index contributed by atoms with van der Waals surface area (Å²) >= 11 is 0. The van der Waals surface area contributed by atoms with Gasteiger partial charge >= 0.3 is 0 Å². The summed E-state index contributed by atoms with van der Waals surface area (Å²) in [4.78, 5) is 12.0. The lowest BCUT2D eigenvalue weighted by Gasteiger charge is -2.27. The minimum Gasteiger partial charge on any atom is -0.462 e. The van der Waals surface area contributed by atoms with Gasteiger partial charge in [0, 0.05) is 13.1 Å². The standard InChI is InChI=1S/C7H15NO.C5H10O2/c1-2-8-5-3-7(9)4-6-8;1-5(2,3)7-4-6/h7,9H,2-6H2,1H3;4H,1-3H3. The average Bonchev–Trinajstić information content (AvgIpc) is 2.18. The lowest BCUT2D eigenvalue weighted by Crippen LogP contribution is -2.35. The molecule has 1 heterocycles. The number of rotatable bonds is 2. The number of ether oxygens (including phenoxy) is 1. The van der Waals surface area contributed by atoms with Crippen molar-refractivity contribution in [3.05, 3.63) is 0 Å². The van der Waals surface area contributed by atoms with Gasteiger partial charge in [-0.15, -0.1) is 0 Å². The van der Waals surface area contributed by atoms with Gasteiger partial charge in [0.05, 0.1) is 6.10 Å². The van der Waals surface area contributed by atoms with E-state index in [4.69, 9.17) is 5.11 Å². The number of aliphatic hydroxyl groups is 1. The second-order valence-electron chi connectivity index (χ2n) is 4.99. The third-order valence-electron chi connectivity index (χ3n) is 2.41. The first kappa shape index (κ1) is 15.4. The minimum absolute atomic E-state index is 0.0206. The van der Waals surface area contributed by atoms with Crippen LogP contribution < -0.4 is 0 Å². The van der Waals surface area contributed by atoms with Gasteiger partial charge < -0.3 is 14.7 Å². The summed E-state index contributed by atoms with van der Waals surface area (Å²) in [5.41, 5.74) is -0.318. The molecule has 96 valence electrons.